The van der Waals surface area contributed by atoms with Crippen LogP contribution in [-0.4, -0.2) is 57.9 Å². The van der Waals surface area contributed by atoms with E-state index in [9.17, 15) is 24.1 Å². The highest BCUT2D eigenvalue weighted by Gasteiger charge is 2.29. The molecule has 1 heterocycles. The van der Waals surface area contributed by atoms with E-state index in [1.807, 2.05) is 0 Å². The molecule has 2 aromatic carbocycles. The van der Waals surface area contributed by atoms with Crippen LogP contribution in [0.15, 0.2) is 42.5 Å². The molecule has 1 fully saturated rings. The molecule has 2 aromatic rings. The average Bonchev–Trinajstić information content (AvgIpc) is 2.75. The number of benzene rings is 2. The first-order valence-corrected chi connectivity index (χ1v) is 10.1. The number of nitro benzene ring substituents is 1. The SMILES string of the molecule is O=C(O)CC[C@@H](c1ccc(F)cc1)N1CCN(C(=O)c2cc([N+](=O)[O-])ccc2Cl)CC1. The number of halogens is 2. The molecule has 0 aromatic heterocycles. The van der Waals surface area contributed by atoms with Crippen LogP contribution in [0, 0.1) is 15.9 Å². The highest BCUT2D eigenvalue weighted by Crippen LogP contribution is 2.29. The summed E-state index contributed by atoms with van der Waals surface area (Å²) in [4.78, 5) is 38.0. The van der Waals surface area contributed by atoms with Gasteiger partial charge in [-0.15, -0.1) is 0 Å². The number of carboxylic acids is 1. The second kappa shape index (κ2) is 9.84. The van der Waals surface area contributed by atoms with Crippen molar-refractivity contribution in [2.45, 2.75) is 18.9 Å². The number of carbonyl (C=O) groups excluding carboxylic acids is 1. The number of non-ortho nitro benzene ring substituents is 1. The zero-order chi connectivity index (χ0) is 22.5. The molecule has 1 N–H and O–H groups in total. The van der Waals surface area contributed by atoms with E-state index in [-0.39, 0.29) is 34.6 Å². The number of amides is 1. The largest absolute Gasteiger partial charge is 0.481 e. The number of piperazine rings is 1. The number of hydrogen-bond acceptors (Lipinski definition) is 5. The number of nitro groups is 1. The van der Waals surface area contributed by atoms with E-state index in [2.05, 4.69) is 4.90 Å². The summed E-state index contributed by atoms with van der Waals surface area (Å²) >= 11 is 6.09. The summed E-state index contributed by atoms with van der Waals surface area (Å²) in [5.41, 5.74) is 0.672. The Morgan fingerprint density at radius 2 is 1.77 bits per heavy atom. The number of carboxylic acid groups (broad SMARTS) is 1. The Kier molecular flexibility index (Phi) is 7.19. The van der Waals surface area contributed by atoms with Crippen LogP contribution in [0.5, 0.6) is 0 Å². The molecule has 0 radical (unpaired) electrons. The van der Waals surface area contributed by atoms with Gasteiger partial charge in [0.15, 0.2) is 0 Å². The van der Waals surface area contributed by atoms with Crippen molar-refractivity contribution in [2.24, 2.45) is 0 Å². The van der Waals surface area contributed by atoms with Gasteiger partial charge in [-0.2, -0.15) is 0 Å². The molecule has 10 heteroatoms. The molecule has 1 aliphatic rings. The molecule has 0 saturated carbocycles. The summed E-state index contributed by atoms with van der Waals surface area (Å²) in [5, 5.41) is 20.2. The van der Waals surface area contributed by atoms with Gasteiger partial charge in [-0.3, -0.25) is 24.6 Å². The highest BCUT2D eigenvalue weighted by atomic mass is 35.5. The first-order valence-electron chi connectivity index (χ1n) is 9.71. The zero-order valence-corrected chi connectivity index (χ0v) is 17.3. The molecule has 0 spiro atoms. The van der Waals surface area contributed by atoms with Crippen molar-refractivity contribution in [2.75, 3.05) is 26.2 Å². The van der Waals surface area contributed by atoms with E-state index in [1.165, 1.54) is 30.3 Å². The fourth-order valence-electron chi connectivity index (χ4n) is 3.70. The van der Waals surface area contributed by atoms with E-state index in [4.69, 9.17) is 16.7 Å². The van der Waals surface area contributed by atoms with Gasteiger partial charge >= 0.3 is 5.97 Å². The van der Waals surface area contributed by atoms with E-state index in [0.29, 0.717) is 32.6 Å². The van der Waals surface area contributed by atoms with Gasteiger partial charge in [0.1, 0.15) is 5.82 Å². The van der Waals surface area contributed by atoms with E-state index in [0.717, 1.165) is 5.56 Å². The molecule has 8 nitrogen and oxygen atoms in total. The normalized spacial score (nSPS) is 15.5. The van der Waals surface area contributed by atoms with Gasteiger partial charge in [-0.1, -0.05) is 23.7 Å². The Morgan fingerprint density at radius 3 is 2.35 bits per heavy atom. The number of aliphatic carboxylic acids is 1. The van der Waals surface area contributed by atoms with Crippen molar-refractivity contribution in [3.05, 3.63) is 74.5 Å². The summed E-state index contributed by atoms with van der Waals surface area (Å²) in [6.45, 7) is 1.64. The van der Waals surface area contributed by atoms with Crippen LogP contribution >= 0.6 is 11.6 Å². The van der Waals surface area contributed by atoms with Crippen molar-refractivity contribution < 1.29 is 24.0 Å². The maximum absolute atomic E-state index is 13.3. The van der Waals surface area contributed by atoms with Crippen LogP contribution in [0.3, 0.4) is 0 Å². The smallest absolute Gasteiger partial charge is 0.303 e. The summed E-state index contributed by atoms with van der Waals surface area (Å²) < 4.78 is 13.3. The van der Waals surface area contributed by atoms with Crippen molar-refractivity contribution in [1.82, 2.24) is 9.80 Å². The van der Waals surface area contributed by atoms with Gasteiger partial charge < -0.3 is 10.0 Å². The number of carbonyl (C=O) groups is 2. The van der Waals surface area contributed by atoms with Gasteiger partial charge in [-0.25, -0.2) is 4.39 Å². The van der Waals surface area contributed by atoms with Crippen molar-refractivity contribution in [1.29, 1.82) is 0 Å². The van der Waals surface area contributed by atoms with Crippen molar-refractivity contribution in [3.8, 4) is 0 Å². The van der Waals surface area contributed by atoms with Crippen LogP contribution in [-0.2, 0) is 4.79 Å². The minimum Gasteiger partial charge on any atom is -0.481 e. The maximum atomic E-state index is 13.3. The molecule has 0 unspecified atom stereocenters. The first kappa shape index (κ1) is 22.6. The maximum Gasteiger partial charge on any atom is 0.303 e. The molecule has 1 saturated heterocycles. The van der Waals surface area contributed by atoms with Crippen LogP contribution in [0.25, 0.3) is 0 Å². The van der Waals surface area contributed by atoms with E-state index >= 15 is 0 Å². The second-order valence-corrected chi connectivity index (χ2v) is 7.66. The second-order valence-electron chi connectivity index (χ2n) is 7.25. The number of hydrogen-bond donors (Lipinski definition) is 1. The monoisotopic (exact) mass is 449 g/mol. The topological polar surface area (TPSA) is 104 Å². The summed E-state index contributed by atoms with van der Waals surface area (Å²) in [6, 6.07) is 9.48. The Hall–Kier alpha value is -3.04. The standard InChI is InChI=1S/C21H21ClFN3O5/c22-18-6-5-16(26(30)31)13-17(18)21(29)25-11-9-24(10-12-25)19(7-8-20(27)28)14-1-3-15(23)4-2-14/h1-6,13,19H,7-12H2,(H,27,28)/t19-/m0/s1. The molecule has 0 aliphatic carbocycles. The fourth-order valence-corrected chi connectivity index (χ4v) is 3.90. The van der Waals surface area contributed by atoms with Gasteiger partial charge in [-0.05, 0) is 30.2 Å². The third-order valence-corrected chi connectivity index (χ3v) is 5.65. The molecule has 1 amide bonds. The van der Waals surface area contributed by atoms with Gasteiger partial charge in [0.25, 0.3) is 11.6 Å². The molecule has 0 bridgehead atoms. The average molecular weight is 450 g/mol. The predicted octanol–water partition coefficient (Wildman–Crippen LogP) is 3.75. The van der Waals surface area contributed by atoms with E-state index in [1.54, 1.807) is 17.0 Å². The molecule has 31 heavy (non-hydrogen) atoms. The third kappa shape index (κ3) is 5.56. The Balaban J connectivity index is 1.72. The lowest BCUT2D eigenvalue weighted by Crippen LogP contribution is -2.49. The van der Waals surface area contributed by atoms with Crippen LogP contribution in [0.4, 0.5) is 10.1 Å². The Morgan fingerprint density at radius 1 is 1.13 bits per heavy atom. The van der Waals surface area contributed by atoms with Crippen molar-refractivity contribution in [3.63, 3.8) is 0 Å². The molecule has 3 rings (SSSR count). The zero-order valence-electron chi connectivity index (χ0n) is 16.5. The quantitative estimate of drug-likeness (QED) is 0.510. The minimum atomic E-state index is -0.916. The molecule has 164 valence electrons. The fraction of sp³-hybridized carbons (Fsp3) is 0.333. The summed E-state index contributed by atoms with van der Waals surface area (Å²) in [7, 11) is 0. The van der Waals surface area contributed by atoms with Gasteiger partial charge in [0.05, 0.1) is 15.5 Å². The summed E-state index contributed by atoms with van der Waals surface area (Å²) in [5.74, 6) is -1.68. The van der Waals surface area contributed by atoms with Crippen LogP contribution in [0.2, 0.25) is 5.02 Å². The third-order valence-electron chi connectivity index (χ3n) is 5.32. The number of rotatable bonds is 7. The summed E-state index contributed by atoms with van der Waals surface area (Å²) in [6.07, 6.45) is 0.316. The van der Waals surface area contributed by atoms with Crippen LogP contribution in [0.1, 0.15) is 34.8 Å². The molecule has 1 aliphatic heterocycles. The predicted molar refractivity (Wildman–Crippen MR) is 112 cm³/mol. The highest BCUT2D eigenvalue weighted by molar-refractivity contribution is 6.33. The van der Waals surface area contributed by atoms with E-state index < -0.39 is 16.8 Å². The lowest BCUT2D eigenvalue weighted by atomic mass is 9.99. The molecular weight excluding hydrogens is 429 g/mol. The van der Waals surface area contributed by atoms with Crippen molar-refractivity contribution >= 4 is 29.2 Å². The first-order chi connectivity index (χ1) is 14.8. The minimum absolute atomic E-state index is 0.0372. The lowest BCUT2D eigenvalue weighted by Gasteiger charge is -2.39. The molecular formula is C21H21ClFN3O5. The number of nitrogens with zero attached hydrogens (tertiary/aromatic N) is 3. The lowest BCUT2D eigenvalue weighted by molar-refractivity contribution is -0.384. The van der Waals surface area contributed by atoms with Crippen LogP contribution < -0.4 is 0 Å². The Bertz CT molecular complexity index is 977. The van der Waals surface area contributed by atoms with Gasteiger partial charge in [0.2, 0.25) is 0 Å². The molecule has 1 atom stereocenters. The Labute approximate surface area is 183 Å². The van der Waals surface area contributed by atoms with Gasteiger partial charge in [0, 0.05) is 50.8 Å².